The number of nitrogens with two attached hydrogens (primary N) is 1. The average molecular weight is 390 g/mol. The highest BCUT2D eigenvalue weighted by Gasteiger charge is 2.36. The van der Waals surface area contributed by atoms with Crippen LogP contribution in [0, 0.1) is 0 Å². The summed E-state index contributed by atoms with van der Waals surface area (Å²) in [5.74, 6) is 0.195. The minimum Gasteiger partial charge on any atom is -0.493 e. The fraction of sp³-hybridized carbons (Fsp3) is 0.526. The molecule has 28 heavy (non-hydrogen) atoms. The Kier molecular flexibility index (Phi) is 6.23. The number of amides is 4. The average Bonchev–Trinajstić information content (AvgIpc) is 3.35. The van der Waals surface area contributed by atoms with Gasteiger partial charge in [-0.05, 0) is 43.4 Å². The Morgan fingerprint density at radius 2 is 2.00 bits per heavy atom. The van der Waals surface area contributed by atoms with Crippen LogP contribution in [0.3, 0.4) is 0 Å². The first kappa shape index (κ1) is 19.8. The van der Waals surface area contributed by atoms with Gasteiger partial charge in [0.25, 0.3) is 5.91 Å². The van der Waals surface area contributed by atoms with Crippen LogP contribution in [0.2, 0.25) is 0 Å². The number of carbonyl (C=O) groups is 3. The van der Waals surface area contributed by atoms with Gasteiger partial charge < -0.3 is 30.7 Å². The molecule has 9 nitrogen and oxygen atoms in total. The molecule has 1 aliphatic carbocycles. The van der Waals surface area contributed by atoms with E-state index in [2.05, 4.69) is 10.6 Å². The van der Waals surface area contributed by atoms with Crippen molar-refractivity contribution in [2.45, 2.75) is 44.3 Å². The lowest BCUT2D eigenvalue weighted by Gasteiger charge is -2.24. The summed E-state index contributed by atoms with van der Waals surface area (Å²) in [6.45, 7) is 0.599. The van der Waals surface area contributed by atoms with Crippen molar-refractivity contribution in [3.05, 3.63) is 23.8 Å². The van der Waals surface area contributed by atoms with E-state index in [0.29, 0.717) is 24.5 Å². The van der Waals surface area contributed by atoms with E-state index < -0.39 is 11.9 Å². The molecule has 1 aliphatic heterocycles. The Morgan fingerprint density at radius 1 is 1.21 bits per heavy atom. The zero-order valence-corrected chi connectivity index (χ0v) is 15.9. The second kappa shape index (κ2) is 8.81. The van der Waals surface area contributed by atoms with Crippen LogP contribution in [0.1, 0.15) is 31.2 Å². The Morgan fingerprint density at radius 3 is 2.68 bits per heavy atom. The molecule has 0 radical (unpaired) electrons. The monoisotopic (exact) mass is 390 g/mol. The van der Waals surface area contributed by atoms with E-state index in [1.54, 1.807) is 23.1 Å². The van der Waals surface area contributed by atoms with Crippen LogP contribution in [-0.2, 0) is 16.1 Å². The number of primary amides is 1. The van der Waals surface area contributed by atoms with E-state index in [1.165, 1.54) is 7.11 Å². The predicted octanol–water partition coefficient (Wildman–Crippen LogP) is 0.512. The topological polar surface area (TPSA) is 123 Å². The summed E-state index contributed by atoms with van der Waals surface area (Å²) in [5.41, 5.74) is 5.88. The van der Waals surface area contributed by atoms with Crippen molar-refractivity contribution in [2.75, 3.05) is 20.3 Å². The van der Waals surface area contributed by atoms with Crippen LogP contribution >= 0.6 is 0 Å². The highest BCUT2D eigenvalue weighted by atomic mass is 16.5. The molecule has 1 aromatic carbocycles. The molecule has 2 fully saturated rings. The van der Waals surface area contributed by atoms with E-state index in [9.17, 15) is 14.4 Å². The Hall–Kier alpha value is -2.97. The third-order valence-electron chi connectivity index (χ3n) is 4.78. The molecule has 1 unspecified atom stereocenters. The zero-order valence-electron chi connectivity index (χ0n) is 15.9. The molecule has 3 rings (SSSR count). The van der Waals surface area contributed by atoms with Gasteiger partial charge in [0.05, 0.1) is 7.11 Å². The van der Waals surface area contributed by atoms with Crippen LogP contribution in [-0.4, -0.2) is 55.1 Å². The minimum atomic E-state index is -0.579. The van der Waals surface area contributed by atoms with E-state index >= 15 is 0 Å². The van der Waals surface area contributed by atoms with Gasteiger partial charge in [0.1, 0.15) is 6.04 Å². The number of benzene rings is 1. The van der Waals surface area contributed by atoms with Crippen molar-refractivity contribution in [3.63, 3.8) is 0 Å². The summed E-state index contributed by atoms with van der Waals surface area (Å²) in [6.07, 6.45) is 3.54. The molecule has 1 saturated carbocycles. The summed E-state index contributed by atoms with van der Waals surface area (Å²) in [5, 5.41) is 5.82. The number of hydrogen-bond acceptors (Lipinski definition) is 5. The van der Waals surface area contributed by atoms with E-state index in [-0.39, 0.29) is 31.1 Å². The Bertz CT molecular complexity index is 750. The number of likely N-dealkylation sites (tertiary alicyclic amines) is 1. The molecule has 152 valence electrons. The summed E-state index contributed by atoms with van der Waals surface area (Å²) in [6, 6.07) is 4.76. The van der Waals surface area contributed by atoms with Crippen molar-refractivity contribution in [1.29, 1.82) is 0 Å². The van der Waals surface area contributed by atoms with Crippen LogP contribution < -0.4 is 25.8 Å². The van der Waals surface area contributed by atoms with Gasteiger partial charge in [-0.2, -0.15) is 0 Å². The van der Waals surface area contributed by atoms with Crippen molar-refractivity contribution in [3.8, 4) is 11.5 Å². The van der Waals surface area contributed by atoms with Crippen molar-refractivity contribution in [2.24, 2.45) is 5.73 Å². The number of hydrogen-bond donors (Lipinski definition) is 3. The minimum absolute atomic E-state index is 0.0622. The first-order chi connectivity index (χ1) is 13.5. The van der Waals surface area contributed by atoms with Crippen LogP contribution in [0.5, 0.6) is 11.5 Å². The SMILES string of the molecule is COc1cc(CNC(=O)N2CCCC2C(=O)NC2CC2)ccc1OCC(N)=O. The second-order valence-electron chi connectivity index (χ2n) is 7.03. The number of methoxy groups -OCH3 is 1. The van der Waals surface area contributed by atoms with Crippen LogP contribution in [0.4, 0.5) is 4.79 Å². The molecular formula is C19H26N4O5. The maximum absolute atomic E-state index is 12.6. The number of nitrogens with one attached hydrogen (secondary N) is 2. The fourth-order valence-electron chi connectivity index (χ4n) is 3.18. The molecule has 4 amide bonds. The van der Waals surface area contributed by atoms with Gasteiger partial charge in [-0.1, -0.05) is 6.07 Å². The number of rotatable bonds is 8. The first-order valence-corrected chi connectivity index (χ1v) is 9.41. The lowest BCUT2D eigenvalue weighted by Crippen LogP contribution is -2.49. The zero-order chi connectivity index (χ0) is 20.1. The van der Waals surface area contributed by atoms with Gasteiger partial charge in [0.15, 0.2) is 18.1 Å². The Balaban J connectivity index is 1.55. The molecule has 9 heteroatoms. The summed E-state index contributed by atoms with van der Waals surface area (Å²) < 4.78 is 10.6. The number of urea groups is 1. The highest BCUT2D eigenvalue weighted by Crippen LogP contribution is 2.28. The predicted molar refractivity (Wildman–Crippen MR) is 101 cm³/mol. The highest BCUT2D eigenvalue weighted by molar-refractivity contribution is 5.88. The van der Waals surface area contributed by atoms with Crippen LogP contribution in [0.25, 0.3) is 0 Å². The molecule has 0 bridgehead atoms. The third kappa shape index (κ3) is 5.05. The number of carbonyl (C=O) groups excluding carboxylic acids is 3. The smallest absolute Gasteiger partial charge is 0.318 e. The van der Waals surface area contributed by atoms with Crippen LogP contribution in [0.15, 0.2) is 18.2 Å². The maximum Gasteiger partial charge on any atom is 0.318 e. The summed E-state index contributed by atoms with van der Waals surface area (Å²) in [4.78, 5) is 37.3. The van der Waals surface area contributed by atoms with E-state index in [4.69, 9.17) is 15.2 Å². The molecule has 0 spiro atoms. The molecular weight excluding hydrogens is 364 g/mol. The Labute approximate surface area is 163 Å². The molecule has 1 aromatic rings. The van der Waals surface area contributed by atoms with E-state index in [1.807, 2.05) is 0 Å². The molecule has 1 atom stereocenters. The lowest BCUT2D eigenvalue weighted by atomic mass is 10.2. The standard InChI is InChI=1S/C19H26N4O5/c1-27-16-9-12(4-7-15(16)28-11-17(20)24)10-21-19(26)23-8-2-3-14(23)18(25)22-13-5-6-13/h4,7,9,13-14H,2-3,5-6,8,10-11H2,1H3,(H2,20,24)(H,21,26)(H,22,25). The van der Waals surface area contributed by atoms with E-state index in [0.717, 1.165) is 24.8 Å². The van der Waals surface area contributed by atoms with Crippen molar-refractivity contribution in [1.82, 2.24) is 15.5 Å². The van der Waals surface area contributed by atoms with Crippen molar-refractivity contribution >= 4 is 17.8 Å². The van der Waals surface area contributed by atoms with Crippen molar-refractivity contribution < 1.29 is 23.9 Å². The second-order valence-corrected chi connectivity index (χ2v) is 7.03. The number of nitrogens with zero attached hydrogens (tertiary/aromatic N) is 1. The molecule has 0 aromatic heterocycles. The van der Waals surface area contributed by atoms with Gasteiger partial charge in [-0.15, -0.1) is 0 Å². The maximum atomic E-state index is 12.6. The van der Waals surface area contributed by atoms with Gasteiger partial charge in [-0.25, -0.2) is 4.79 Å². The quantitative estimate of drug-likeness (QED) is 0.597. The van der Waals surface area contributed by atoms with Gasteiger partial charge in [-0.3, -0.25) is 9.59 Å². The largest absolute Gasteiger partial charge is 0.493 e. The van der Waals surface area contributed by atoms with Gasteiger partial charge in [0, 0.05) is 19.1 Å². The summed E-state index contributed by atoms with van der Waals surface area (Å²) >= 11 is 0. The lowest BCUT2D eigenvalue weighted by molar-refractivity contribution is -0.124. The normalized spacial score (nSPS) is 18.5. The molecule has 1 heterocycles. The fourth-order valence-corrected chi connectivity index (χ4v) is 3.18. The van der Waals surface area contributed by atoms with Gasteiger partial charge >= 0.3 is 6.03 Å². The number of ether oxygens (including phenoxy) is 2. The molecule has 2 aliphatic rings. The third-order valence-corrected chi connectivity index (χ3v) is 4.78. The molecule has 4 N–H and O–H groups in total. The van der Waals surface area contributed by atoms with Gasteiger partial charge in [0.2, 0.25) is 5.91 Å². The molecule has 1 saturated heterocycles. The summed E-state index contributed by atoms with van der Waals surface area (Å²) in [7, 11) is 1.49. The first-order valence-electron chi connectivity index (χ1n) is 9.41.